The number of nitrogens with one attached hydrogen (secondary N) is 1. The summed E-state index contributed by atoms with van der Waals surface area (Å²) in [6, 6.07) is 6.48. The molecule has 184 valence electrons. The minimum absolute atomic E-state index is 0.0586. The number of carbonyl (C=O) groups is 4. The van der Waals surface area contributed by atoms with Crippen molar-refractivity contribution in [3.05, 3.63) is 35.9 Å². The van der Waals surface area contributed by atoms with Gasteiger partial charge in [0, 0.05) is 0 Å². The van der Waals surface area contributed by atoms with Gasteiger partial charge in [-0.2, -0.15) is 0 Å². The summed E-state index contributed by atoms with van der Waals surface area (Å²) < 4.78 is 5.29. The van der Waals surface area contributed by atoms with Crippen molar-refractivity contribution in [3.63, 3.8) is 0 Å². The fraction of sp³-hybridized carbons (Fsp3) is 0.600. The first-order valence-electron chi connectivity index (χ1n) is 11.6. The smallest absolute Gasteiger partial charge is 0.408 e. The van der Waals surface area contributed by atoms with Crippen molar-refractivity contribution >= 4 is 24.2 Å². The van der Waals surface area contributed by atoms with Gasteiger partial charge in [-0.3, -0.25) is 9.59 Å². The summed E-state index contributed by atoms with van der Waals surface area (Å²) in [5, 5.41) is 2.65. The highest BCUT2D eigenvalue weighted by Gasteiger charge is 2.38. The zero-order valence-corrected chi connectivity index (χ0v) is 20.5. The van der Waals surface area contributed by atoms with Crippen LogP contribution >= 0.6 is 0 Å². The van der Waals surface area contributed by atoms with Gasteiger partial charge < -0.3 is 25.5 Å². The Morgan fingerprint density at radius 1 is 1.06 bits per heavy atom. The van der Waals surface area contributed by atoms with Gasteiger partial charge in [0.25, 0.3) is 0 Å². The summed E-state index contributed by atoms with van der Waals surface area (Å²) in [6.45, 7) is 9.63. The molecule has 33 heavy (non-hydrogen) atoms. The minimum atomic E-state index is -0.957. The van der Waals surface area contributed by atoms with Crippen molar-refractivity contribution in [1.29, 1.82) is 0 Å². The Morgan fingerprint density at radius 2 is 1.67 bits per heavy atom. The average Bonchev–Trinajstić information content (AvgIpc) is 2.75. The second kappa shape index (κ2) is 14.3. The molecule has 0 unspecified atom stereocenters. The van der Waals surface area contributed by atoms with Gasteiger partial charge >= 0.3 is 6.09 Å². The number of hydrogen-bond donors (Lipinski definition) is 2. The summed E-state index contributed by atoms with van der Waals surface area (Å²) in [5.41, 5.74) is 6.48. The van der Waals surface area contributed by atoms with E-state index in [1.54, 1.807) is 0 Å². The number of carbonyl (C=O) groups excluding carboxylic acids is 4. The molecule has 3 atom stereocenters. The van der Waals surface area contributed by atoms with Crippen LogP contribution in [0.3, 0.4) is 0 Å². The summed E-state index contributed by atoms with van der Waals surface area (Å²) in [7, 11) is 0. The van der Waals surface area contributed by atoms with Crippen LogP contribution in [0.5, 0.6) is 0 Å². The Labute approximate surface area is 197 Å². The van der Waals surface area contributed by atoms with Gasteiger partial charge in [-0.25, -0.2) is 4.79 Å². The van der Waals surface area contributed by atoms with Crippen LogP contribution in [-0.4, -0.2) is 47.2 Å². The summed E-state index contributed by atoms with van der Waals surface area (Å²) in [6.07, 6.45) is 1.61. The Kier molecular flexibility index (Phi) is 12.2. The Bertz CT molecular complexity index is 767. The Hall–Kier alpha value is -2.90. The lowest BCUT2D eigenvalue weighted by atomic mass is 9.96. The van der Waals surface area contributed by atoms with E-state index in [0.717, 1.165) is 5.56 Å². The molecule has 0 aromatic heterocycles. The highest BCUT2D eigenvalue weighted by Crippen LogP contribution is 2.20. The molecular formula is C25H39N3O5. The third-order valence-corrected chi connectivity index (χ3v) is 5.22. The quantitative estimate of drug-likeness (QED) is 0.412. The van der Waals surface area contributed by atoms with Crippen molar-refractivity contribution in [2.45, 2.75) is 85.0 Å². The molecule has 0 radical (unpaired) electrons. The summed E-state index contributed by atoms with van der Waals surface area (Å²) in [5.74, 6) is -1.04. The summed E-state index contributed by atoms with van der Waals surface area (Å²) >= 11 is 0. The summed E-state index contributed by atoms with van der Waals surface area (Å²) in [4.78, 5) is 51.7. The second-order valence-corrected chi connectivity index (χ2v) is 9.17. The van der Waals surface area contributed by atoms with Gasteiger partial charge in [0.05, 0.1) is 6.04 Å². The van der Waals surface area contributed by atoms with Crippen molar-refractivity contribution in [2.75, 3.05) is 0 Å². The predicted molar refractivity (Wildman–Crippen MR) is 127 cm³/mol. The zero-order chi connectivity index (χ0) is 25.0. The first-order valence-corrected chi connectivity index (χ1v) is 11.6. The number of nitrogens with zero attached hydrogens (tertiary/aromatic N) is 1. The molecule has 1 rings (SSSR count). The number of nitrogens with two attached hydrogens (primary N) is 1. The molecule has 3 amide bonds. The Balaban J connectivity index is 3.16. The van der Waals surface area contributed by atoms with Crippen LogP contribution in [0.1, 0.15) is 65.9 Å². The Morgan fingerprint density at radius 3 is 2.15 bits per heavy atom. The fourth-order valence-corrected chi connectivity index (χ4v) is 3.71. The third-order valence-electron chi connectivity index (χ3n) is 5.22. The minimum Gasteiger partial charge on any atom is -0.445 e. The number of ether oxygens (including phenoxy) is 1. The largest absolute Gasteiger partial charge is 0.445 e. The number of amides is 3. The molecule has 0 saturated carbocycles. The fourth-order valence-electron chi connectivity index (χ4n) is 3.71. The van der Waals surface area contributed by atoms with Crippen molar-refractivity contribution in [2.24, 2.45) is 17.6 Å². The average molecular weight is 462 g/mol. The van der Waals surface area contributed by atoms with Gasteiger partial charge in [-0.1, -0.05) is 71.4 Å². The van der Waals surface area contributed by atoms with E-state index >= 15 is 0 Å². The molecular weight excluding hydrogens is 422 g/mol. The molecule has 0 fully saturated rings. The molecule has 1 aromatic rings. The highest BCUT2D eigenvalue weighted by molar-refractivity contribution is 5.92. The van der Waals surface area contributed by atoms with Crippen molar-refractivity contribution in [1.82, 2.24) is 10.2 Å². The van der Waals surface area contributed by atoms with Crippen LogP contribution in [0.2, 0.25) is 0 Å². The molecule has 0 saturated heterocycles. The van der Waals surface area contributed by atoms with Crippen LogP contribution < -0.4 is 11.1 Å². The first kappa shape index (κ1) is 28.1. The number of rotatable bonds is 14. The van der Waals surface area contributed by atoms with Gasteiger partial charge in [-0.05, 0) is 36.7 Å². The number of aldehydes is 1. The molecule has 0 spiro atoms. The lowest BCUT2D eigenvalue weighted by molar-refractivity contribution is -0.146. The van der Waals surface area contributed by atoms with Gasteiger partial charge in [0.1, 0.15) is 25.0 Å². The number of benzene rings is 1. The molecule has 0 heterocycles. The molecule has 0 aliphatic carbocycles. The van der Waals surface area contributed by atoms with Gasteiger partial charge in [-0.15, -0.1) is 0 Å². The van der Waals surface area contributed by atoms with Crippen molar-refractivity contribution < 1.29 is 23.9 Å². The monoisotopic (exact) mass is 461 g/mol. The molecule has 0 bridgehead atoms. The van der Waals surface area contributed by atoms with E-state index in [1.807, 2.05) is 65.0 Å². The van der Waals surface area contributed by atoms with Gasteiger partial charge in [0.2, 0.25) is 11.8 Å². The molecule has 8 heteroatoms. The van der Waals surface area contributed by atoms with E-state index in [1.165, 1.54) is 4.90 Å². The van der Waals surface area contributed by atoms with Crippen LogP contribution in [0.4, 0.5) is 4.79 Å². The van der Waals surface area contributed by atoms with E-state index in [9.17, 15) is 19.2 Å². The maximum absolute atomic E-state index is 13.7. The van der Waals surface area contributed by atoms with Crippen LogP contribution in [0.25, 0.3) is 0 Å². The van der Waals surface area contributed by atoms with Crippen LogP contribution in [-0.2, 0) is 25.7 Å². The van der Waals surface area contributed by atoms with Gasteiger partial charge in [0.15, 0.2) is 0 Å². The molecule has 3 N–H and O–H groups in total. The van der Waals surface area contributed by atoms with Crippen LogP contribution in [0.15, 0.2) is 30.3 Å². The lowest BCUT2D eigenvalue weighted by Crippen LogP contribution is -2.59. The number of alkyl carbamates (subject to hydrolysis) is 1. The number of primary amides is 1. The van der Waals surface area contributed by atoms with Crippen LogP contribution in [0, 0.1) is 11.8 Å². The van der Waals surface area contributed by atoms with E-state index in [0.29, 0.717) is 32.0 Å². The highest BCUT2D eigenvalue weighted by atomic mass is 16.5. The second-order valence-electron chi connectivity index (χ2n) is 9.17. The molecule has 1 aromatic carbocycles. The van der Waals surface area contributed by atoms with E-state index < -0.39 is 36.0 Å². The first-order chi connectivity index (χ1) is 15.6. The van der Waals surface area contributed by atoms with Crippen molar-refractivity contribution in [3.8, 4) is 0 Å². The van der Waals surface area contributed by atoms with E-state index in [-0.39, 0.29) is 18.4 Å². The van der Waals surface area contributed by atoms with E-state index in [2.05, 4.69) is 5.32 Å². The zero-order valence-electron chi connectivity index (χ0n) is 20.5. The molecule has 0 aliphatic rings. The standard InChI is InChI=1S/C25H39N3O5/c1-6-10-20(15-29)28(22(23(26)30)14-18(4)5)24(31)21(13-17(2)3)27-25(32)33-16-19-11-8-7-9-12-19/h7-9,11-12,15,17-18,20-22H,6,10,13-14,16H2,1-5H3,(H2,26,30)(H,27,32)/t20-,21-,22-/m0/s1. The topological polar surface area (TPSA) is 119 Å². The van der Waals surface area contributed by atoms with E-state index in [4.69, 9.17) is 10.5 Å². The SMILES string of the molecule is CCC[C@@H](C=O)N(C(=O)[C@H](CC(C)C)NC(=O)OCc1ccccc1)[C@@H](CC(C)C)C(N)=O. The maximum Gasteiger partial charge on any atom is 0.408 e. The lowest BCUT2D eigenvalue weighted by Gasteiger charge is -2.37. The maximum atomic E-state index is 13.7. The normalized spacial score (nSPS) is 13.8. The molecule has 8 nitrogen and oxygen atoms in total. The predicted octanol–water partition coefficient (Wildman–Crippen LogP) is 3.42. The third kappa shape index (κ3) is 9.63. The molecule has 0 aliphatic heterocycles. The number of hydrogen-bond acceptors (Lipinski definition) is 5.